The maximum absolute atomic E-state index is 11.8. The zero-order chi connectivity index (χ0) is 14.5. The smallest absolute Gasteiger partial charge is 0.352 e. The lowest BCUT2D eigenvalue weighted by Crippen LogP contribution is -2.36. The molecule has 20 heavy (non-hydrogen) atoms. The first-order valence-corrected chi connectivity index (χ1v) is 7.06. The molecule has 7 nitrogen and oxygen atoms in total. The Hall–Kier alpha value is -1.67. The minimum Gasteiger partial charge on any atom is -0.465 e. The van der Waals surface area contributed by atoms with Crippen molar-refractivity contribution in [1.82, 2.24) is 9.88 Å². The predicted molar refractivity (Wildman–Crippen MR) is 78.3 cm³/mol. The van der Waals surface area contributed by atoms with E-state index in [0.717, 1.165) is 18.2 Å². The molecule has 0 saturated carbocycles. The number of carbonyl (C=O) groups excluding carboxylic acids is 1. The Morgan fingerprint density at radius 3 is 2.80 bits per heavy atom. The van der Waals surface area contributed by atoms with Gasteiger partial charge in [0, 0.05) is 27.2 Å². The lowest BCUT2D eigenvalue weighted by molar-refractivity contribution is 0.0607. The molecule has 1 aromatic heterocycles. The Morgan fingerprint density at radius 1 is 1.50 bits per heavy atom. The van der Waals surface area contributed by atoms with E-state index in [1.165, 1.54) is 18.4 Å². The van der Waals surface area contributed by atoms with Crippen molar-refractivity contribution in [2.45, 2.75) is 0 Å². The second-order valence-electron chi connectivity index (χ2n) is 4.45. The first kappa shape index (κ1) is 14.7. The van der Waals surface area contributed by atoms with Gasteiger partial charge in [0.05, 0.1) is 26.7 Å². The van der Waals surface area contributed by atoms with E-state index in [-0.39, 0.29) is 0 Å². The summed E-state index contributed by atoms with van der Waals surface area (Å²) < 4.78 is 10.1. The van der Waals surface area contributed by atoms with E-state index in [1.807, 2.05) is 14.1 Å². The topological polar surface area (TPSA) is 67.3 Å². The van der Waals surface area contributed by atoms with Gasteiger partial charge in [0.25, 0.3) is 0 Å². The average molecular weight is 298 g/mol. The molecule has 0 N–H and O–H groups in total. The first-order valence-electron chi connectivity index (χ1n) is 6.24. The summed E-state index contributed by atoms with van der Waals surface area (Å²) in [4.78, 5) is 24.8. The van der Waals surface area contributed by atoms with Crippen molar-refractivity contribution in [3.05, 3.63) is 4.88 Å². The highest BCUT2D eigenvalue weighted by atomic mass is 32.1. The molecule has 0 spiro atoms. The van der Waals surface area contributed by atoms with Crippen LogP contribution < -0.4 is 4.90 Å². The quantitative estimate of drug-likeness (QED) is 0.469. The SMILES string of the molecule is COC(=O)c1sc(N2CCOCC2)nc1/N=C/N(C)C. The molecule has 110 valence electrons. The Labute approximate surface area is 121 Å². The van der Waals surface area contributed by atoms with Crippen molar-refractivity contribution in [2.24, 2.45) is 4.99 Å². The van der Waals surface area contributed by atoms with Gasteiger partial charge >= 0.3 is 5.97 Å². The summed E-state index contributed by atoms with van der Waals surface area (Å²) in [6.07, 6.45) is 1.62. The van der Waals surface area contributed by atoms with Gasteiger partial charge in [-0.2, -0.15) is 4.98 Å². The number of hydrogen-bond acceptors (Lipinski definition) is 7. The number of aromatic nitrogens is 1. The van der Waals surface area contributed by atoms with Crippen LogP contribution in [0.15, 0.2) is 4.99 Å². The van der Waals surface area contributed by atoms with Crippen molar-refractivity contribution >= 4 is 34.6 Å². The summed E-state index contributed by atoms with van der Waals surface area (Å²) in [6.45, 7) is 2.88. The minimum absolute atomic E-state index is 0.400. The van der Waals surface area contributed by atoms with E-state index in [2.05, 4.69) is 14.9 Å². The number of anilines is 1. The Morgan fingerprint density at radius 2 is 2.20 bits per heavy atom. The lowest BCUT2D eigenvalue weighted by atomic mass is 10.4. The van der Waals surface area contributed by atoms with Crippen LogP contribution in [0.25, 0.3) is 0 Å². The molecule has 1 fully saturated rings. The summed E-state index contributed by atoms with van der Waals surface area (Å²) in [6, 6.07) is 0. The molecule has 1 aliphatic heterocycles. The van der Waals surface area contributed by atoms with Gasteiger partial charge in [-0.3, -0.25) is 0 Å². The van der Waals surface area contributed by atoms with Gasteiger partial charge in [0.15, 0.2) is 15.8 Å². The number of morpholine rings is 1. The van der Waals surface area contributed by atoms with Crippen molar-refractivity contribution in [1.29, 1.82) is 0 Å². The van der Waals surface area contributed by atoms with Gasteiger partial charge in [-0.1, -0.05) is 11.3 Å². The Balaban J connectivity index is 2.28. The fourth-order valence-electron chi connectivity index (χ4n) is 1.67. The number of rotatable bonds is 4. The van der Waals surface area contributed by atoms with E-state index >= 15 is 0 Å². The molecule has 2 heterocycles. The van der Waals surface area contributed by atoms with Crippen LogP contribution in [0.3, 0.4) is 0 Å². The highest BCUT2D eigenvalue weighted by Gasteiger charge is 2.22. The molecule has 2 rings (SSSR count). The average Bonchev–Trinajstić information content (AvgIpc) is 2.89. The molecule has 1 saturated heterocycles. The molecule has 0 atom stereocenters. The maximum atomic E-state index is 11.8. The van der Waals surface area contributed by atoms with Gasteiger partial charge in [0.2, 0.25) is 0 Å². The molecule has 0 radical (unpaired) electrons. The number of aliphatic imine (C=N–C) groups is 1. The van der Waals surface area contributed by atoms with E-state index in [1.54, 1.807) is 11.2 Å². The second kappa shape index (κ2) is 6.67. The monoisotopic (exact) mass is 298 g/mol. The van der Waals surface area contributed by atoms with E-state index in [0.29, 0.717) is 23.9 Å². The number of thiazole rings is 1. The molecular weight excluding hydrogens is 280 g/mol. The predicted octanol–water partition coefficient (Wildman–Crippen LogP) is 0.988. The van der Waals surface area contributed by atoms with Crippen LogP contribution in [0.1, 0.15) is 9.67 Å². The fourth-order valence-corrected chi connectivity index (χ4v) is 2.66. The zero-order valence-corrected chi connectivity index (χ0v) is 12.6. The standard InChI is InChI=1S/C12H18N4O3S/c1-15(2)8-13-10-9(11(17)18-3)20-12(14-10)16-4-6-19-7-5-16/h8H,4-7H2,1-3H3/b13-8+. The van der Waals surface area contributed by atoms with Gasteiger partial charge in [-0.05, 0) is 0 Å². The largest absolute Gasteiger partial charge is 0.465 e. The van der Waals surface area contributed by atoms with Crippen molar-refractivity contribution in [3.8, 4) is 0 Å². The van der Waals surface area contributed by atoms with Gasteiger partial charge in [0.1, 0.15) is 0 Å². The minimum atomic E-state index is -0.409. The maximum Gasteiger partial charge on any atom is 0.352 e. The third-order valence-electron chi connectivity index (χ3n) is 2.66. The summed E-state index contributed by atoms with van der Waals surface area (Å²) in [5, 5.41) is 0.777. The number of nitrogens with zero attached hydrogens (tertiary/aromatic N) is 4. The molecular formula is C12H18N4O3S. The van der Waals surface area contributed by atoms with Crippen molar-refractivity contribution in [2.75, 3.05) is 52.4 Å². The number of carbonyl (C=O) groups is 1. The van der Waals surface area contributed by atoms with Crippen LogP contribution in [0.5, 0.6) is 0 Å². The first-order chi connectivity index (χ1) is 9.61. The Kier molecular flexibility index (Phi) is 4.91. The third-order valence-corrected chi connectivity index (χ3v) is 3.75. The molecule has 1 aliphatic rings. The highest BCUT2D eigenvalue weighted by molar-refractivity contribution is 7.18. The number of hydrogen-bond donors (Lipinski definition) is 0. The summed E-state index contributed by atoms with van der Waals surface area (Å²) in [5.74, 6) is -0.00930. The van der Waals surface area contributed by atoms with E-state index in [9.17, 15) is 4.79 Å². The van der Waals surface area contributed by atoms with Gasteiger partial charge in [-0.15, -0.1) is 0 Å². The van der Waals surface area contributed by atoms with Crippen molar-refractivity contribution in [3.63, 3.8) is 0 Å². The summed E-state index contributed by atoms with van der Waals surface area (Å²) in [5.41, 5.74) is 0. The van der Waals surface area contributed by atoms with E-state index < -0.39 is 5.97 Å². The second-order valence-corrected chi connectivity index (χ2v) is 5.43. The Bertz CT molecular complexity index is 495. The van der Waals surface area contributed by atoms with Crippen LogP contribution in [0, 0.1) is 0 Å². The van der Waals surface area contributed by atoms with Gasteiger partial charge < -0.3 is 19.3 Å². The fraction of sp³-hybridized carbons (Fsp3) is 0.583. The van der Waals surface area contributed by atoms with Crippen LogP contribution in [0.4, 0.5) is 10.9 Å². The third kappa shape index (κ3) is 3.45. The van der Waals surface area contributed by atoms with Crippen LogP contribution in [-0.2, 0) is 9.47 Å². The van der Waals surface area contributed by atoms with Gasteiger partial charge in [-0.25, -0.2) is 9.79 Å². The summed E-state index contributed by atoms with van der Waals surface area (Å²) >= 11 is 1.30. The molecule has 0 aromatic carbocycles. The van der Waals surface area contributed by atoms with Crippen LogP contribution in [-0.4, -0.2) is 69.7 Å². The highest BCUT2D eigenvalue weighted by Crippen LogP contribution is 2.32. The molecule has 0 amide bonds. The van der Waals surface area contributed by atoms with Crippen LogP contribution >= 0.6 is 11.3 Å². The zero-order valence-electron chi connectivity index (χ0n) is 11.8. The van der Waals surface area contributed by atoms with Crippen molar-refractivity contribution < 1.29 is 14.3 Å². The lowest BCUT2D eigenvalue weighted by Gasteiger charge is -2.25. The number of esters is 1. The normalized spacial score (nSPS) is 15.7. The number of ether oxygens (including phenoxy) is 2. The molecule has 0 bridgehead atoms. The van der Waals surface area contributed by atoms with E-state index in [4.69, 9.17) is 9.47 Å². The molecule has 0 aliphatic carbocycles. The molecule has 1 aromatic rings. The summed E-state index contributed by atoms with van der Waals surface area (Å²) in [7, 11) is 5.07. The molecule has 8 heteroatoms. The number of methoxy groups -OCH3 is 1. The van der Waals surface area contributed by atoms with Crippen LogP contribution in [0.2, 0.25) is 0 Å². The molecule has 0 unspecified atom stereocenters.